The van der Waals surface area contributed by atoms with Crippen LogP contribution >= 0.6 is 0 Å². The summed E-state index contributed by atoms with van der Waals surface area (Å²) in [6, 6.07) is 4.74. The normalized spacial score (nSPS) is 11.7. The zero-order chi connectivity index (χ0) is 15.7. The van der Waals surface area contributed by atoms with E-state index in [4.69, 9.17) is 14.2 Å². The summed E-state index contributed by atoms with van der Waals surface area (Å²) in [5, 5.41) is 3.32. The van der Waals surface area contributed by atoms with Crippen LogP contribution in [0.1, 0.15) is 26.3 Å². The molecule has 0 heterocycles. The van der Waals surface area contributed by atoms with Crippen LogP contribution in [-0.4, -0.2) is 39.1 Å². The number of hydrogen-bond donors (Lipinski definition) is 1. The molecule has 0 aliphatic heterocycles. The van der Waals surface area contributed by atoms with Crippen molar-refractivity contribution in [3.63, 3.8) is 0 Å². The minimum atomic E-state index is -0.293. The van der Waals surface area contributed by atoms with Crippen LogP contribution in [0.4, 0.5) is 4.39 Å². The smallest absolute Gasteiger partial charge is 0.127 e. The molecule has 0 spiro atoms. The molecule has 0 fully saturated rings. The fourth-order valence-electron chi connectivity index (χ4n) is 1.64. The van der Waals surface area contributed by atoms with E-state index in [0.717, 1.165) is 5.56 Å². The van der Waals surface area contributed by atoms with Crippen molar-refractivity contribution in [1.29, 1.82) is 0 Å². The van der Waals surface area contributed by atoms with Gasteiger partial charge >= 0.3 is 0 Å². The number of benzene rings is 1. The van der Waals surface area contributed by atoms with Crippen molar-refractivity contribution in [2.24, 2.45) is 0 Å². The maximum atomic E-state index is 13.6. The Morgan fingerprint density at radius 3 is 2.43 bits per heavy atom. The van der Waals surface area contributed by atoms with Gasteiger partial charge in [-0.25, -0.2) is 4.39 Å². The minimum Gasteiger partial charge on any atom is -0.491 e. The lowest BCUT2D eigenvalue weighted by Crippen LogP contribution is -2.35. The summed E-state index contributed by atoms with van der Waals surface area (Å²) in [7, 11) is 1.62. The van der Waals surface area contributed by atoms with Crippen LogP contribution in [0.15, 0.2) is 18.2 Å². The van der Waals surface area contributed by atoms with E-state index in [-0.39, 0.29) is 11.4 Å². The van der Waals surface area contributed by atoms with Gasteiger partial charge in [0.05, 0.1) is 19.8 Å². The molecule has 21 heavy (non-hydrogen) atoms. The monoisotopic (exact) mass is 299 g/mol. The molecule has 0 aromatic heterocycles. The minimum absolute atomic E-state index is 0.0114. The highest BCUT2D eigenvalue weighted by Gasteiger charge is 2.09. The van der Waals surface area contributed by atoms with Gasteiger partial charge in [-0.15, -0.1) is 0 Å². The zero-order valence-electron chi connectivity index (χ0n) is 13.4. The number of methoxy groups -OCH3 is 1. The van der Waals surface area contributed by atoms with Gasteiger partial charge in [0, 0.05) is 25.3 Å². The number of halogens is 1. The first kappa shape index (κ1) is 17.9. The second-order valence-electron chi connectivity index (χ2n) is 5.85. The summed E-state index contributed by atoms with van der Waals surface area (Å²) < 4.78 is 29.2. The molecule has 0 amide bonds. The third-order valence-corrected chi connectivity index (χ3v) is 2.68. The second kappa shape index (κ2) is 8.97. The van der Waals surface area contributed by atoms with E-state index < -0.39 is 0 Å². The van der Waals surface area contributed by atoms with Crippen molar-refractivity contribution < 1.29 is 18.6 Å². The molecule has 0 aliphatic rings. The Morgan fingerprint density at radius 1 is 1.05 bits per heavy atom. The molecule has 0 saturated heterocycles. The summed E-state index contributed by atoms with van der Waals surface area (Å²) in [4.78, 5) is 0. The van der Waals surface area contributed by atoms with Gasteiger partial charge in [-0.05, 0) is 38.5 Å². The van der Waals surface area contributed by atoms with Gasteiger partial charge < -0.3 is 19.5 Å². The standard InChI is InChI=1S/C16H26FNO3/c1-16(2,3)18-12-13-9-14(17)11-15(10-13)21-8-7-20-6-5-19-4/h9-11,18H,5-8,12H2,1-4H3. The van der Waals surface area contributed by atoms with Gasteiger partial charge in [0.2, 0.25) is 0 Å². The van der Waals surface area contributed by atoms with Crippen LogP contribution in [0, 0.1) is 5.82 Å². The highest BCUT2D eigenvalue weighted by molar-refractivity contribution is 5.29. The largest absolute Gasteiger partial charge is 0.491 e. The van der Waals surface area contributed by atoms with Crippen LogP contribution in [0.25, 0.3) is 0 Å². The van der Waals surface area contributed by atoms with E-state index in [1.807, 2.05) is 6.07 Å². The molecule has 0 saturated carbocycles. The average Bonchev–Trinajstić information content (AvgIpc) is 2.39. The fraction of sp³-hybridized carbons (Fsp3) is 0.625. The molecule has 1 aromatic carbocycles. The maximum Gasteiger partial charge on any atom is 0.127 e. The van der Waals surface area contributed by atoms with Gasteiger partial charge in [-0.2, -0.15) is 0 Å². The second-order valence-corrected chi connectivity index (χ2v) is 5.85. The quantitative estimate of drug-likeness (QED) is 0.712. The molecule has 0 atom stereocenters. The lowest BCUT2D eigenvalue weighted by Gasteiger charge is -2.20. The van der Waals surface area contributed by atoms with E-state index in [2.05, 4.69) is 26.1 Å². The maximum absolute atomic E-state index is 13.6. The summed E-state index contributed by atoms with van der Waals surface area (Å²) in [5.74, 6) is 0.231. The Labute approximate surface area is 126 Å². The van der Waals surface area contributed by atoms with Crippen molar-refractivity contribution in [2.45, 2.75) is 32.9 Å². The lowest BCUT2D eigenvalue weighted by atomic mass is 10.1. The first-order valence-corrected chi connectivity index (χ1v) is 7.15. The third kappa shape index (κ3) is 8.65. The van der Waals surface area contributed by atoms with Crippen molar-refractivity contribution in [3.8, 4) is 5.75 Å². The Balaban J connectivity index is 2.42. The number of ether oxygens (including phenoxy) is 3. The predicted octanol–water partition coefficient (Wildman–Crippen LogP) is 2.76. The van der Waals surface area contributed by atoms with Crippen LogP contribution < -0.4 is 10.1 Å². The summed E-state index contributed by atoms with van der Waals surface area (Å²) in [6.45, 7) is 8.74. The topological polar surface area (TPSA) is 39.7 Å². The summed E-state index contributed by atoms with van der Waals surface area (Å²) in [5.41, 5.74) is 0.850. The van der Waals surface area contributed by atoms with Crippen LogP contribution in [0.5, 0.6) is 5.75 Å². The number of hydrogen-bond acceptors (Lipinski definition) is 4. The summed E-state index contributed by atoms with van der Waals surface area (Å²) >= 11 is 0. The SMILES string of the molecule is COCCOCCOc1cc(F)cc(CNC(C)(C)C)c1. The third-order valence-electron chi connectivity index (χ3n) is 2.68. The molecular weight excluding hydrogens is 273 g/mol. The van der Waals surface area contributed by atoms with E-state index in [1.165, 1.54) is 12.1 Å². The average molecular weight is 299 g/mol. The van der Waals surface area contributed by atoms with Crippen LogP contribution in [-0.2, 0) is 16.0 Å². The molecular formula is C16H26FNO3. The summed E-state index contributed by atoms with van der Waals surface area (Å²) in [6.07, 6.45) is 0. The first-order chi connectivity index (χ1) is 9.90. The molecule has 5 heteroatoms. The Morgan fingerprint density at radius 2 is 1.76 bits per heavy atom. The zero-order valence-corrected chi connectivity index (χ0v) is 13.4. The van der Waals surface area contributed by atoms with E-state index >= 15 is 0 Å². The molecule has 120 valence electrons. The van der Waals surface area contributed by atoms with Crippen LogP contribution in [0.3, 0.4) is 0 Å². The molecule has 1 N–H and O–H groups in total. The van der Waals surface area contributed by atoms with E-state index in [9.17, 15) is 4.39 Å². The van der Waals surface area contributed by atoms with Crippen LogP contribution in [0.2, 0.25) is 0 Å². The van der Waals surface area contributed by atoms with Gasteiger partial charge in [-0.1, -0.05) is 0 Å². The van der Waals surface area contributed by atoms with Gasteiger partial charge in [-0.3, -0.25) is 0 Å². The van der Waals surface area contributed by atoms with Crippen molar-refractivity contribution in [2.75, 3.05) is 33.5 Å². The Bertz CT molecular complexity index is 418. The van der Waals surface area contributed by atoms with Gasteiger partial charge in [0.25, 0.3) is 0 Å². The Kier molecular flexibility index (Phi) is 7.64. The fourth-order valence-corrected chi connectivity index (χ4v) is 1.64. The number of rotatable bonds is 9. The van der Waals surface area contributed by atoms with Gasteiger partial charge in [0.15, 0.2) is 0 Å². The Hall–Kier alpha value is -1.17. The molecule has 4 nitrogen and oxygen atoms in total. The van der Waals surface area contributed by atoms with Crippen molar-refractivity contribution in [1.82, 2.24) is 5.32 Å². The number of nitrogens with one attached hydrogen (secondary N) is 1. The molecule has 0 unspecified atom stereocenters. The highest BCUT2D eigenvalue weighted by atomic mass is 19.1. The van der Waals surface area contributed by atoms with E-state index in [1.54, 1.807) is 7.11 Å². The van der Waals surface area contributed by atoms with Crippen molar-refractivity contribution in [3.05, 3.63) is 29.6 Å². The molecule has 0 aliphatic carbocycles. The van der Waals surface area contributed by atoms with Crippen molar-refractivity contribution >= 4 is 0 Å². The van der Waals surface area contributed by atoms with E-state index in [0.29, 0.717) is 38.7 Å². The predicted molar refractivity (Wildman–Crippen MR) is 81.2 cm³/mol. The first-order valence-electron chi connectivity index (χ1n) is 7.15. The highest BCUT2D eigenvalue weighted by Crippen LogP contribution is 2.17. The molecule has 0 radical (unpaired) electrons. The molecule has 0 bridgehead atoms. The lowest BCUT2D eigenvalue weighted by molar-refractivity contribution is 0.0543. The molecule has 1 rings (SSSR count). The molecule has 1 aromatic rings. The van der Waals surface area contributed by atoms with Gasteiger partial charge in [0.1, 0.15) is 18.2 Å².